The molecule has 6 nitrogen and oxygen atoms in total. The predicted molar refractivity (Wildman–Crippen MR) is 94.0 cm³/mol. The summed E-state index contributed by atoms with van der Waals surface area (Å²) in [4.78, 5) is 16.4. The van der Waals surface area contributed by atoms with Gasteiger partial charge in [-0.2, -0.15) is 0 Å². The highest BCUT2D eigenvalue weighted by Crippen LogP contribution is 2.26. The van der Waals surface area contributed by atoms with Crippen molar-refractivity contribution in [3.63, 3.8) is 0 Å². The van der Waals surface area contributed by atoms with Gasteiger partial charge in [-0.05, 0) is 49.2 Å². The molecule has 0 aliphatic carbocycles. The van der Waals surface area contributed by atoms with Gasteiger partial charge in [-0.15, -0.1) is 0 Å². The number of aromatic nitrogens is 1. The van der Waals surface area contributed by atoms with E-state index < -0.39 is 15.9 Å². The molecule has 2 rings (SSSR count). The van der Waals surface area contributed by atoms with Gasteiger partial charge in [-0.25, -0.2) is 12.7 Å². The zero-order valence-corrected chi connectivity index (χ0v) is 15.4. The van der Waals surface area contributed by atoms with Crippen molar-refractivity contribution in [2.75, 3.05) is 19.4 Å². The summed E-state index contributed by atoms with van der Waals surface area (Å²) in [7, 11) is -0.686. The summed E-state index contributed by atoms with van der Waals surface area (Å²) in [5, 5.41) is 3.10. The maximum atomic E-state index is 12.3. The fraction of sp³-hybridized carbons (Fsp3) is 0.250. The van der Waals surface area contributed by atoms with Crippen molar-refractivity contribution >= 4 is 33.2 Å². The fourth-order valence-electron chi connectivity index (χ4n) is 2.03. The summed E-state index contributed by atoms with van der Waals surface area (Å²) in [5.41, 5.74) is 2.11. The Kier molecular flexibility index (Phi) is 5.27. The minimum atomic E-state index is -3.60. The highest BCUT2D eigenvalue weighted by molar-refractivity contribution is 7.89. The number of amides is 1. The van der Waals surface area contributed by atoms with E-state index in [0.29, 0.717) is 10.7 Å². The molecule has 0 radical (unpaired) electrons. The van der Waals surface area contributed by atoms with Crippen LogP contribution in [0.2, 0.25) is 5.02 Å². The van der Waals surface area contributed by atoms with Gasteiger partial charge in [0, 0.05) is 31.0 Å². The van der Waals surface area contributed by atoms with Gasteiger partial charge in [0.2, 0.25) is 10.0 Å². The molecule has 0 aliphatic heterocycles. The normalized spacial score (nSPS) is 11.6. The molecule has 1 aromatic heterocycles. The van der Waals surface area contributed by atoms with Gasteiger partial charge in [-0.1, -0.05) is 11.6 Å². The van der Waals surface area contributed by atoms with Crippen LogP contribution < -0.4 is 5.32 Å². The van der Waals surface area contributed by atoms with Crippen molar-refractivity contribution in [3.05, 3.63) is 52.3 Å². The number of carbonyl (C=O) groups is 1. The largest absolute Gasteiger partial charge is 0.320 e. The van der Waals surface area contributed by atoms with E-state index in [2.05, 4.69) is 10.3 Å². The Morgan fingerprint density at radius 1 is 1.21 bits per heavy atom. The van der Waals surface area contributed by atoms with Gasteiger partial charge in [0.15, 0.2) is 0 Å². The molecule has 0 spiro atoms. The van der Waals surface area contributed by atoms with E-state index in [1.165, 1.54) is 32.4 Å². The van der Waals surface area contributed by atoms with E-state index in [1.54, 1.807) is 19.1 Å². The number of nitrogens with one attached hydrogen (secondary N) is 1. The fourth-order valence-corrected chi connectivity index (χ4v) is 3.20. The lowest BCUT2D eigenvalue weighted by atomic mass is 10.1. The van der Waals surface area contributed by atoms with E-state index in [1.807, 2.05) is 6.92 Å². The second-order valence-corrected chi connectivity index (χ2v) is 8.10. The average molecular weight is 368 g/mol. The number of rotatable bonds is 4. The summed E-state index contributed by atoms with van der Waals surface area (Å²) >= 11 is 5.86. The van der Waals surface area contributed by atoms with Gasteiger partial charge in [0.25, 0.3) is 5.91 Å². The molecule has 0 fully saturated rings. The Morgan fingerprint density at radius 3 is 2.46 bits per heavy atom. The van der Waals surface area contributed by atoms with Crippen molar-refractivity contribution in [3.8, 4) is 0 Å². The number of sulfonamides is 1. The van der Waals surface area contributed by atoms with Crippen LogP contribution in [0.4, 0.5) is 5.69 Å². The molecular weight excluding hydrogens is 350 g/mol. The maximum Gasteiger partial charge on any atom is 0.274 e. The van der Waals surface area contributed by atoms with Crippen molar-refractivity contribution in [1.82, 2.24) is 9.29 Å². The molecular formula is C16H18ClN3O3S. The lowest BCUT2D eigenvalue weighted by molar-refractivity contribution is 0.102. The molecule has 0 unspecified atom stereocenters. The number of pyridine rings is 1. The number of hydrogen-bond donors (Lipinski definition) is 1. The maximum absolute atomic E-state index is 12.3. The molecule has 0 saturated heterocycles. The van der Waals surface area contributed by atoms with Crippen molar-refractivity contribution in [2.24, 2.45) is 0 Å². The first-order valence-electron chi connectivity index (χ1n) is 7.09. The molecule has 128 valence electrons. The molecule has 0 bridgehead atoms. The standard InChI is InChI=1S/C16H18ClN3O3S/c1-10-7-13(24(22,23)20(3)4)9-14(11(10)2)19-16(21)15-8-12(17)5-6-18-15/h5-9H,1-4H3,(H,19,21). The number of aryl methyl sites for hydroxylation is 1. The molecule has 1 heterocycles. The van der Waals surface area contributed by atoms with Crippen LogP contribution in [0.3, 0.4) is 0 Å². The summed E-state index contributed by atoms with van der Waals surface area (Å²) in [6.45, 7) is 3.60. The van der Waals surface area contributed by atoms with E-state index in [4.69, 9.17) is 11.6 Å². The molecule has 2 aromatic rings. The second kappa shape index (κ2) is 6.88. The van der Waals surface area contributed by atoms with E-state index >= 15 is 0 Å². The quantitative estimate of drug-likeness (QED) is 0.901. The summed E-state index contributed by atoms with van der Waals surface area (Å²) < 4.78 is 25.8. The van der Waals surface area contributed by atoms with Gasteiger partial charge in [0.1, 0.15) is 5.69 Å². The van der Waals surface area contributed by atoms with E-state index in [-0.39, 0.29) is 10.6 Å². The Balaban J connectivity index is 2.44. The van der Waals surface area contributed by atoms with Crippen LogP contribution in [0.25, 0.3) is 0 Å². The lowest BCUT2D eigenvalue weighted by Gasteiger charge is -2.16. The Labute approximate surface area is 146 Å². The minimum absolute atomic E-state index is 0.116. The molecule has 1 N–H and O–H groups in total. The first-order valence-corrected chi connectivity index (χ1v) is 8.91. The number of anilines is 1. The molecule has 24 heavy (non-hydrogen) atoms. The number of hydrogen-bond acceptors (Lipinski definition) is 4. The lowest BCUT2D eigenvalue weighted by Crippen LogP contribution is -2.23. The minimum Gasteiger partial charge on any atom is -0.320 e. The number of nitrogens with zero attached hydrogens (tertiary/aromatic N) is 2. The molecule has 0 saturated carbocycles. The van der Waals surface area contributed by atoms with E-state index in [9.17, 15) is 13.2 Å². The third-order valence-corrected chi connectivity index (χ3v) is 5.65. The predicted octanol–water partition coefficient (Wildman–Crippen LogP) is 2.85. The van der Waals surface area contributed by atoms with Crippen LogP contribution in [-0.4, -0.2) is 37.7 Å². The van der Waals surface area contributed by atoms with Crippen molar-refractivity contribution in [2.45, 2.75) is 18.7 Å². The van der Waals surface area contributed by atoms with Crippen LogP contribution in [0, 0.1) is 13.8 Å². The zero-order chi connectivity index (χ0) is 18.1. The number of halogens is 1. The van der Waals surface area contributed by atoms with Crippen LogP contribution in [-0.2, 0) is 10.0 Å². The first kappa shape index (κ1) is 18.4. The monoisotopic (exact) mass is 367 g/mol. The summed E-state index contributed by atoms with van der Waals surface area (Å²) in [6, 6.07) is 6.04. The van der Waals surface area contributed by atoms with Crippen LogP contribution in [0.1, 0.15) is 21.6 Å². The van der Waals surface area contributed by atoms with Crippen LogP contribution >= 0.6 is 11.6 Å². The number of benzene rings is 1. The van der Waals surface area contributed by atoms with Gasteiger partial charge in [0.05, 0.1) is 4.90 Å². The van der Waals surface area contributed by atoms with Crippen LogP contribution in [0.15, 0.2) is 35.4 Å². The SMILES string of the molecule is Cc1cc(S(=O)(=O)N(C)C)cc(NC(=O)c2cc(Cl)ccn2)c1C. The van der Waals surface area contributed by atoms with Gasteiger partial charge in [-0.3, -0.25) is 9.78 Å². The highest BCUT2D eigenvalue weighted by Gasteiger charge is 2.20. The van der Waals surface area contributed by atoms with Crippen LogP contribution in [0.5, 0.6) is 0 Å². The molecule has 0 atom stereocenters. The average Bonchev–Trinajstić information content (AvgIpc) is 2.51. The van der Waals surface area contributed by atoms with Crippen molar-refractivity contribution < 1.29 is 13.2 Å². The third kappa shape index (κ3) is 3.75. The first-order chi connectivity index (χ1) is 11.1. The second-order valence-electron chi connectivity index (χ2n) is 5.51. The topological polar surface area (TPSA) is 79.4 Å². The third-order valence-electron chi connectivity index (χ3n) is 3.62. The smallest absolute Gasteiger partial charge is 0.274 e. The zero-order valence-electron chi connectivity index (χ0n) is 13.8. The van der Waals surface area contributed by atoms with Crippen molar-refractivity contribution in [1.29, 1.82) is 0 Å². The highest BCUT2D eigenvalue weighted by atomic mass is 35.5. The van der Waals surface area contributed by atoms with E-state index in [0.717, 1.165) is 15.4 Å². The van der Waals surface area contributed by atoms with Gasteiger partial charge >= 0.3 is 0 Å². The molecule has 1 amide bonds. The Bertz CT molecular complexity index is 895. The molecule has 1 aromatic carbocycles. The summed E-state index contributed by atoms with van der Waals surface area (Å²) in [5.74, 6) is -0.459. The van der Waals surface area contributed by atoms with Gasteiger partial charge < -0.3 is 5.32 Å². The molecule has 8 heteroatoms. The Hall–Kier alpha value is -1.96. The Morgan fingerprint density at radius 2 is 1.88 bits per heavy atom. The summed E-state index contributed by atoms with van der Waals surface area (Å²) in [6.07, 6.45) is 1.43. The molecule has 0 aliphatic rings. The number of carbonyl (C=O) groups excluding carboxylic acids is 1.